The highest BCUT2D eigenvalue weighted by atomic mass is 35.5. The quantitative estimate of drug-likeness (QED) is 0.258. The zero-order valence-corrected chi connectivity index (χ0v) is 19.2. The van der Waals surface area contributed by atoms with Gasteiger partial charge in [0.05, 0.1) is 35.9 Å². The van der Waals surface area contributed by atoms with Gasteiger partial charge >= 0.3 is 5.92 Å². The molecule has 0 saturated carbocycles. The van der Waals surface area contributed by atoms with Gasteiger partial charge in [-0.3, -0.25) is 9.78 Å². The van der Waals surface area contributed by atoms with Gasteiger partial charge in [-0.15, -0.1) is 0 Å². The molecule has 4 aromatic heterocycles. The third kappa shape index (κ3) is 5.51. The van der Waals surface area contributed by atoms with Crippen LogP contribution in [0.1, 0.15) is 17.0 Å². The Kier molecular flexibility index (Phi) is 7.29. The number of amides is 1. The molecule has 0 aliphatic carbocycles. The van der Waals surface area contributed by atoms with Crippen molar-refractivity contribution in [2.45, 2.75) is 18.9 Å². The minimum atomic E-state index is -3.63. The molecular weight excluding hydrogens is 501 g/mol. The second kappa shape index (κ2) is 10.6. The second-order valence-corrected chi connectivity index (χ2v) is 7.89. The Morgan fingerprint density at radius 2 is 2.06 bits per heavy atom. The zero-order chi connectivity index (χ0) is 25.7. The Bertz CT molecular complexity index is 1370. The van der Waals surface area contributed by atoms with Crippen LogP contribution in [-0.4, -0.2) is 37.2 Å². The van der Waals surface area contributed by atoms with E-state index >= 15 is 4.39 Å². The lowest BCUT2D eigenvalue weighted by atomic mass is 10.1. The molecule has 0 atom stereocenters. The summed E-state index contributed by atoms with van der Waals surface area (Å²) in [6.07, 6.45) is 5.86. The van der Waals surface area contributed by atoms with Crippen molar-refractivity contribution in [2.75, 3.05) is 11.9 Å². The Hall–Kier alpha value is -4.26. The van der Waals surface area contributed by atoms with E-state index in [-0.39, 0.29) is 21.9 Å². The fraction of sp³-hybridized carbons (Fsp3) is 0.182. The van der Waals surface area contributed by atoms with Crippen molar-refractivity contribution in [1.82, 2.24) is 30.0 Å². The molecule has 0 spiro atoms. The molecular formula is C22H18ClF3N8O2. The maximum Gasteiger partial charge on any atom is 0.347 e. The fourth-order valence-electron chi connectivity index (χ4n) is 3.30. The number of hydrogen-bond donors (Lipinski definition) is 2. The van der Waals surface area contributed by atoms with Crippen molar-refractivity contribution >= 4 is 23.3 Å². The van der Waals surface area contributed by atoms with E-state index in [1.165, 1.54) is 29.5 Å². The molecule has 10 nitrogen and oxygen atoms in total. The lowest BCUT2D eigenvalue weighted by Crippen LogP contribution is -2.41. The highest BCUT2D eigenvalue weighted by Crippen LogP contribution is 2.28. The normalized spacial score (nSPS) is 11.3. The number of pyridine rings is 3. The van der Waals surface area contributed by atoms with E-state index in [4.69, 9.17) is 11.6 Å². The largest absolute Gasteiger partial charge is 0.618 e. The number of carbonyl (C=O) groups is 1. The number of nitrogens with one attached hydrogen (secondary N) is 2. The van der Waals surface area contributed by atoms with Crippen LogP contribution in [0, 0.1) is 11.0 Å². The predicted octanol–water partition coefficient (Wildman–Crippen LogP) is 2.55. The monoisotopic (exact) mass is 518 g/mol. The summed E-state index contributed by atoms with van der Waals surface area (Å²) in [6.45, 7) is -1.11. The fourth-order valence-corrected chi connectivity index (χ4v) is 3.50. The minimum Gasteiger partial charge on any atom is -0.618 e. The maximum atomic E-state index is 15.0. The number of aromatic nitrogens is 6. The van der Waals surface area contributed by atoms with Gasteiger partial charge in [0.25, 0.3) is 5.69 Å². The number of halogens is 4. The molecule has 4 rings (SSSR count). The maximum absolute atomic E-state index is 15.0. The summed E-state index contributed by atoms with van der Waals surface area (Å²) in [7, 11) is 0. The van der Waals surface area contributed by atoms with Crippen molar-refractivity contribution in [1.29, 1.82) is 0 Å². The molecule has 14 heteroatoms. The summed E-state index contributed by atoms with van der Waals surface area (Å²) in [4.78, 5) is 24.3. The third-order valence-corrected chi connectivity index (χ3v) is 5.39. The molecule has 0 fully saturated rings. The molecule has 36 heavy (non-hydrogen) atoms. The third-order valence-electron chi connectivity index (χ3n) is 5.07. The van der Waals surface area contributed by atoms with Gasteiger partial charge in [0.15, 0.2) is 17.8 Å². The van der Waals surface area contributed by atoms with Crippen molar-refractivity contribution < 1.29 is 22.7 Å². The summed E-state index contributed by atoms with van der Waals surface area (Å²) in [5.74, 6) is -5.81. The number of anilines is 1. The zero-order valence-electron chi connectivity index (χ0n) is 18.4. The SMILES string of the molecule is O=C(Cc1c(Cl)cnc(NCC(F)(F)c2cccc[n+]2[O-])c1F)NCc1ncccc1-n1cncn1. The van der Waals surface area contributed by atoms with E-state index in [2.05, 4.69) is 30.7 Å². The van der Waals surface area contributed by atoms with E-state index < -0.39 is 42.1 Å². The topological polar surface area (TPSA) is 125 Å². The number of carbonyl (C=O) groups excluding carboxylic acids is 1. The summed E-state index contributed by atoms with van der Waals surface area (Å²) in [5.41, 5.74) is 0.0322. The van der Waals surface area contributed by atoms with Crippen molar-refractivity contribution in [3.63, 3.8) is 0 Å². The summed E-state index contributed by atoms with van der Waals surface area (Å²) >= 11 is 6.03. The van der Waals surface area contributed by atoms with E-state index in [9.17, 15) is 18.8 Å². The van der Waals surface area contributed by atoms with Crippen LogP contribution in [0.4, 0.5) is 19.0 Å². The first-order chi connectivity index (χ1) is 17.3. The molecule has 0 radical (unpaired) electrons. The van der Waals surface area contributed by atoms with E-state index in [0.717, 1.165) is 18.5 Å². The molecule has 0 bridgehead atoms. The first-order valence-electron chi connectivity index (χ1n) is 10.4. The molecule has 4 heterocycles. The van der Waals surface area contributed by atoms with Crippen LogP contribution in [0.5, 0.6) is 0 Å². The van der Waals surface area contributed by atoms with Gasteiger partial charge in [-0.05, 0) is 18.2 Å². The van der Waals surface area contributed by atoms with Crippen molar-refractivity contribution in [3.8, 4) is 5.69 Å². The van der Waals surface area contributed by atoms with Gasteiger partial charge in [0.2, 0.25) is 5.91 Å². The summed E-state index contributed by atoms with van der Waals surface area (Å²) in [5, 5.41) is 20.4. The molecule has 0 aliphatic rings. The molecule has 0 aliphatic heterocycles. The second-order valence-electron chi connectivity index (χ2n) is 7.48. The molecule has 1 amide bonds. The van der Waals surface area contributed by atoms with E-state index in [0.29, 0.717) is 11.4 Å². The average Bonchev–Trinajstić information content (AvgIpc) is 3.40. The Morgan fingerprint density at radius 1 is 1.22 bits per heavy atom. The molecule has 186 valence electrons. The number of nitrogens with zero attached hydrogens (tertiary/aromatic N) is 6. The Morgan fingerprint density at radius 3 is 2.81 bits per heavy atom. The highest BCUT2D eigenvalue weighted by molar-refractivity contribution is 6.31. The van der Waals surface area contributed by atoms with Crippen LogP contribution in [0.15, 0.2) is 61.6 Å². The number of alkyl halides is 2. The lowest BCUT2D eigenvalue weighted by Gasteiger charge is -2.17. The Balaban J connectivity index is 1.44. The highest BCUT2D eigenvalue weighted by Gasteiger charge is 2.39. The van der Waals surface area contributed by atoms with Gasteiger partial charge in [-0.2, -0.15) is 18.6 Å². The van der Waals surface area contributed by atoms with E-state index in [1.807, 2.05) is 0 Å². The molecule has 2 N–H and O–H groups in total. The van der Waals surface area contributed by atoms with Crippen molar-refractivity contribution in [3.05, 3.63) is 94.6 Å². The van der Waals surface area contributed by atoms with Crippen molar-refractivity contribution in [2.24, 2.45) is 0 Å². The van der Waals surface area contributed by atoms with Crippen LogP contribution in [0.3, 0.4) is 0 Å². The van der Waals surface area contributed by atoms with Crippen LogP contribution in [-0.2, 0) is 23.7 Å². The molecule has 4 aromatic rings. The molecule has 0 unspecified atom stereocenters. The molecule has 0 aromatic carbocycles. The van der Waals surface area contributed by atoms with Gasteiger partial charge in [-0.1, -0.05) is 11.6 Å². The van der Waals surface area contributed by atoms with Gasteiger partial charge in [0.1, 0.15) is 12.7 Å². The summed E-state index contributed by atoms with van der Waals surface area (Å²) < 4.78 is 45.5. The van der Waals surface area contributed by atoms with Crippen LogP contribution < -0.4 is 15.4 Å². The number of rotatable bonds is 9. The average molecular weight is 519 g/mol. The van der Waals surface area contributed by atoms with Crippen LogP contribution >= 0.6 is 11.6 Å². The molecule has 0 saturated heterocycles. The first kappa shape index (κ1) is 24.9. The van der Waals surface area contributed by atoms with E-state index in [1.54, 1.807) is 18.3 Å². The smallest absolute Gasteiger partial charge is 0.347 e. The standard InChI is InChI=1S/C22H18ClF3N8O2/c23-15-9-30-21(31-11-22(25,26)18-5-1-2-7-34(18)36)20(24)14(15)8-19(35)29-10-16-17(4-3-6-28-16)33-13-27-12-32-33/h1-7,9,12-13H,8,10-11H2,(H,29,35)(H,30,31). The summed E-state index contributed by atoms with van der Waals surface area (Å²) in [6, 6.07) is 6.99. The van der Waals surface area contributed by atoms with Gasteiger partial charge < -0.3 is 15.8 Å². The van der Waals surface area contributed by atoms with Gasteiger partial charge in [0, 0.05) is 30.1 Å². The first-order valence-corrected chi connectivity index (χ1v) is 10.8. The number of hydrogen-bond acceptors (Lipinski definition) is 7. The lowest BCUT2D eigenvalue weighted by molar-refractivity contribution is -0.624. The Labute approximate surface area is 207 Å². The minimum absolute atomic E-state index is 0.00277. The van der Waals surface area contributed by atoms with Gasteiger partial charge in [-0.25, -0.2) is 19.0 Å². The van der Waals surface area contributed by atoms with Crippen LogP contribution in [0.2, 0.25) is 5.02 Å². The van der Waals surface area contributed by atoms with Crippen LogP contribution in [0.25, 0.3) is 5.69 Å². The predicted molar refractivity (Wildman–Crippen MR) is 122 cm³/mol.